The van der Waals surface area contributed by atoms with Crippen molar-refractivity contribution in [3.8, 4) is 0 Å². The fraction of sp³-hybridized carbons (Fsp3) is 0.400. The molecule has 2 amide bonds. The molecule has 1 aliphatic heterocycles. The van der Waals surface area contributed by atoms with E-state index in [1.807, 2.05) is 19.9 Å². The zero-order valence-corrected chi connectivity index (χ0v) is 14.8. The van der Waals surface area contributed by atoms with Crippen molar-refractivity contribution < 1.29 is 9.59 Å². The average Bonchev–Trinajstić information content (AvgIpc) is 2.70. The maximum absolute atomic E-state index is 12.0. The minimum atomic E-state index is -0.115. The van der Waals surface area contributed by atoms with Gasteiger partial charge in [0.2, 0.25) is 11.8 Å². The average molecular weight is 357 g/mol. The molecule has 1 heterocycles. The van der Waals surface area contributed by atoms with Crippen molar-refractivity contribution in [2.24, 2.45) is 0 Å². The number of carbonyl (C=O) groups excluding carboxylic acids is 2. The van der Waals surface area contributed by atoms with Gasteiger partial charge in [0.15, 0.2) is 0 Å². The molecule has 4 nitrogen and oxygen atoms in total. The van der Waals surface area contributed by atoms with E-state index in [1.165, 1.54) is 11.8 Å². The highest BCUT2D eigenvalue weighted by atomic mass is 35.5. The summed E-state index contributed by atoms with van der Waals surface area (Å²) in [6.07, 6.45) is 0.905. The normalized spacial score (nSPS) is 18.0. The first kappa shape index (κ1) is 17.2. The number of nitrogens with one attached hydrogen (secondary N) is 1. The number of nitrogens with zero attached hydrogens (tertiary/aromatic N) is 1. The number of thiocarbonyl (C=S) groups is 1. The van der Waals surface area contributed by atoms with Crippen LogP contribution in [0.2, 0.25) is 5.02 Å². The Kier molecular flexibility index (Phi) is 5.83. The number of benzene rings is 1. The Morgan fingerprint density at radius 2 is 2.23 bits per heavy atom. The van der Waals surface area contributed by atoms with Gasteiger partial charge in [-0.05, 0) is 38.0 Å². The standard InChI is InChI=1S/C15H17ClN2O2S2/c1-9-11(16)5-3-6-12(9)17-13(19)7-4-8-18-14(20)10(2)22-15(18)21/h3,5-6,10H,4,7-8H2,1-2H3,(H,17,19). The molecule has 0 radical (unpaired) electrons. The van der Waals surface area contributed by atoms with E-state index in [1.54, 1.807) is 17.0 Å². The molecule has 1 aromatic rings. The van der Waals surface area contributed by atoms with Gasteiger partial charge in [0.1, 0.15) is 4.32 Å². The lowest BCUT2D eigenvalue weighted by Gasteiger charge is -2.15. The maximum atomic E-state index is 12.0. The summed E-state index contributed by atoms with van der Waals surface area (Å²) >= 11 is 12.6. The highest BCUT2D eigenvalue weighted by molar-refractivity contribution is 8.24. The van der Waals surface area contributed by atoms with Gasteiger partial charge >= 0.3 is 0 Å². The van der Waals surface area contributed by atoms with Crippen molar-refractivity contribution in [1.82, 2.24) is 4.90 Å². The lowest BCUT2D eigenvalue weighted by Crippen LogP contribution is -2.32. The second kappa shape index (κ2) is 7.44. The van der Waals surface area contributed by atoms with E-state index in [0.29, 0.717) is 28.7 Å². The fourth-order valence-corrected chi connectivity index (χ4v) is 3.76. The van der Waals surface area contributed by atoms with E-state index in [0.717, 1.165) is 11.3 Å². The van der Waals surface area contributed by atoms with Crippen LogP contribution in [0.15, 0.2) is 18.2 Å². The third-order valence-electron chi connectivity index (χ3n) is 3.44. The van der Waals surface area contributed by atoms with E-state index < -0.39 is 0 Å². The zero-order chi connectivity index (χ0) is 16.3. The van der Waals surface area contributed by atoms with Crippen LogP contribution < -0.4 is 5.32 Å². The molecule has 1 saturated heterocycles. The summed E-state index contributed by atoms with van der Waals surface area (Å²) in [7, 11) is 0. The van der Waals surface area contributed by atoms with E-state index >= 15 is 0 Å². The molecule has 1 aliphatic rings. The molecule has 1 N–H and O–H groups in total. The molecule has 22 heavy (non-hydrogen) atoms. The largest absolute Gasteiger partial charge is 0.326 e. The van der Waals surface area contributed by atoms with Gasteiger partial charge in [-0.1, -0.05) is 41.6 Å². The summed E-state index contributed by atoms with van der Waals surface area (Å²) in [5, 5.41) is 3.35. The first-order valence-corrected chi connectivity index (χ1v) is 8.63. The summed E-state index contributed by atoms with van der Waals surface area (Å²) in [5.74, 6) is -0.0651. The van der Waals surface area contributed by atoms with Gasteiger partial charge in [-0.2, -0.15) is 0 Å². The highest BCUT2D eigenvalue weighted by Gasteiger charge is 2.33. The number of thioether (sulfide) groups is 1. The van der Waals surface area contributed by atoms with Crippen LogP contribution in [0.3, 0.4) is 0 Å². The maximum Gasteiger partial charge on any atom is 0.241 e. The van der Waals surface area contributed by atoms with Gasteiger partial charge in [-0.3, -0.25) is 14.5 Å². The Morgan fingerprint density at radius 1 is 1.50 bits per heavy atom. The Labute approximate surface area is 144 Å². The second-order valence-corrected chi connectivity index (χ2v) is 7.46. The smallest absolute Gasteiger partial charge is 0.241 e. The quantitative estimate of drug-likeness (QED) is 0.819. The van der Waals surface area contributed by atoms with Crippen LogP contribution >= 0.6 is 35.6 Å². The third-order valence-corrected chi connectivity index (χ3v) is 5.33. The molecule has 1 aromatic carbocycles. The topological polar surface area (TPSA) is 49.4 Å². The van der Waals surface area contributed by atoms with Gasteiger partial charge < -0.3 is 5.32 Å². The minimum absolute atomic E-state index is 0.0288. The number of halogens is 1. The Morgan fingerprint density at radius 3 is 2.86 bits per heavy atom. The van der Waals surface area contributed by atoms with Gasteiger partial charge in [-0.25, -0.2) is 0 Å². The highest BCUT2D eigenvalue weighted by Crippen LogP contribution is 2.27. The number of hydrogen-bond donors (Lipinski definition) is 1. The van der Waals surface area contributed by atoms with Crippen molar-refractivity contribution in [1.29, 1.82) is 0 Å². The minimum Gasteiger partial charge on any atom is -0.326 e. The van der Waals surface area contributed by atoms with Gasteiger partial charge in [0.05, 0.1) is 5.25 Å². The Balaban J connectivity index is 1.82. The summed E-state index contributed by atoms with van der Waals surface area (Å²) in [6.45, 7) is 4.18. The van der Waals surface area contributed by atoms with Crippen molar-refractivity contribution >= 4 is 57.4 Å². The van der Waals surface area contributed by atoms with E-state index in [9.17, 15) is 9.59 Å². The van der Waals surface area contributed by atoms with Crippen LogP contribution in [0, 0.1) is 6.92 Å². The molecule has 0 aliphatic carbocycles. The van der Waals surface area contributed by atoms with E-state index in [2.05, 4.69) is 5.32 Å². The van der Waals surface area contributed by atoms with Crippen LogP contribution in [0.1, 0.15) is 25.3 Å². The molecule has 2 rings (SSSR count). The predicted molar refractivity (Wildman–Crippen MR) is 95.4 cm³/mol. The zero-order valence-electron chi connectivity index (χ0n) is 12.4. The fourth-order valence-electron chi connectivity index (χ4n) is 2.13. The molecule has 0 aromatic heterocycles. The lowest BCUT2D eigenvalue weighted by molar-refractivity contribution is -0.126. The van der Waals surface area contributed by atoms with E-state index in [-0.39, 0.29) is 17.1 Å². The first-order valence-electron chi connectivity index (χ1n) is 6.97. The van der Waals surface area contributed by atoms with Crippen LogP contribution in [0.25, 0.3) is 0 Å². The molecule has 0 saturated carbocycles. The molecule has 1 unspecified atom stereocenters. The van der Waals surface area contributed by atoms with Crippen LogP contribution in [-0.2, 0) is 9.59 Å². The summed E-state index contributed by atoms with van der Waals surface area (Å²) in [6, 6.07) is 5.40. The molecule has 0 spiro atoms. The SMILES string of the molecule is Cc1c(Cl)cccc1NC(=O)CCCN1C(=O)C(C)SC1=S. The van der Waals surface area contributed by atoms with Crippen molar-refractivity contribution in [2.45, 2.75) is 31.9 Å². The van der Waals surface area contributed by atoms with Gasteiger partial charge in [0.25, 0.3) is 0 Å². The molecule has 0 bridgehead atoms. The Bertz CT molecular complexity index is 622. The monoisotopic (exact) mass is 356 g/mol. The second-order valence-electron chi connectivity index (χ2n) is 5.08. The van der Waals surface area contributed by atoms with Crippen LogP contribution in [0.5, 0.6) is 0 Å². The molecular weight excluding hydrogens is 340 g/mol. The van der Waals surface area contributed by atoms with Crippen LogP contribution in [-0.4, -0.2) is 32.8 Å². The number of carbonyl (C=O) groups is 2. The third kappa shape index (κ3) is 4.00. The first-order chi connectivity index (χ1) is 10.4. The van der Waals surface area contributed by atoms with Crippen molar-refractivity contribution in [3.05, 3.63) is 28.8 Å². The number of hydrogen-bond acceptors (Lipinski definition) is 4. The number of amides is 2. The molecule has 118 valence electrons. The Hall–Kier alpha value is -1.11. The molecule has 1 fully saturated rings. The van der Waals surface area contributed by atoms with Crippen LogP contribution in [0.4, 0.5) is 5.69 Å². The molecule has 7 heteroatoms. The van der Waals surface area contributed by atoms with Crippen molar-refractivity contribution in [2.75, 3.05) is 11.9 Å². The lowest BCUT2D eigenvalue weighted by atomic mass is 10.2. The predicted octanol–water partition coefficient (Wildman–Crippen LogP) is 3.62. The van der Waals surface area contributed by atoms with Gasteiger partial charge in [0, 0.05) is 23.7 Å². The summed E-state index contributed by atoms with van der Waals surface area (Å²) in [5.41, 5.74) is 1.56. The van der Waals surface area contributed by atoms with Crippen molar-refractivity contribution in [3.63, 3.8) is 0 Å². The van der Waals surface area contributed by atoms with E-state index in [4.69, 9.17) is 23.8 Å². The molecule has 1 atom stereocenters. The van der Waals surface area contributed by atoms with Gasteiger partial charge in [-0.15, -0.1) is 0 Å². The molecular formula is C15H17ClN2O2S2. The number of anilines is 1. The summed E-state index contributed by atoms with van der Waals surface area (Å²) < 4.78 is 0.601. The summed E-state index contributed by atoms with van der Waals surface area (Å²) in [4.78, 5) is 25.4. The number of rotatable bonds is 5.